The minimum absolute atomic E-state index is 0.0761. The third kappa shape index (κ3) is 2.61. The molecular formula is C11H12BrNO3. The van der Waals surface area contributed by atoms with Gasteiger partial charge in [0.2, 0.25) is 0 Å². The molecule has 0 aliphatic rings. The Morgan fingerprint density at radius 3 is 2.62 bits per heavy atom. The van der Waals surface area contributed by atoms with E-state index in [2.05, 4.69) is 21.2 Å². The molecule has 5 heteroatoms. The van der Waals surface area contributed by atoms with Crippen LogP contribution < -0.4 is 10.1 Å². The number of nitrogens with one attached hydrogen (secondary N) is 1. The minimum atomic E-state index is -0.277. The van der Waals surface area contributed by atoms with Gasteiger partial charge in [0, 0.05) is 12.6 Å². The fraction of sp³-hybridized carbons (Fsp3) is 0.273. The van der Waals surface area contributed by atoms with E-state index in [1.54, 1.807) is 12.1 Å². The lowest BCUT2D eigenvalue weighted by molar-refractivity contribution is 0.0960. The predicted molar refractivity (Wildman–Crippen MR) is 64.5 cm³/mol. The Morgan fingerprint density at radius 2 is 2.12 bits per heavy atom. The molecule has 0 aromatic heterocycles. The summed E-state index contributed by atoms with van der Waals surface area (Å²) in [4.78, 5) is 23.0. The number of Topliss-reactive ketones (excluding diaryl/α,β-unsaturated/α-hetero) is 1. The molecule has 1 aromatic carbocycles. The van der Waals surface area contributed by atoms with Gasteiger partial charge in [-0.15, -0.1) is 0 Å². The third-order valence-electron chi connectivity index (χ3n) is 2.11. The van der Waals surface area contributed by atoms with Crippen LogP contribution in [0.25, 0.3) is 0 Å². The van der Waals surface area contributed by atoms with Crippen LogP contribution >= 0.6 is 15.9 Å². The summed E-state index contributed by atoms with van der Waals surface area (Å²) in [5.41, 5.74) is 0.841. The van der Waals surface area contributed by atoms with Crippen LogP contribution in [0, 0.1) is 0 Å². The van der Waals surface area contributed by atoms with Crippen molar-refractivity contribution < 1.29 is 14.3 Å². The Labute approximate surface area is 102 Å². The maximum Gasteiger partial charge on any atom is 0.254 e. The van der Waals surface area contributed by atoms with E-state index in [0.717, 1.165) is 0 Å². The Hall–Kier alpha value is -1.36. The van der Waals surface area contributed by atoms with E-state index in [9.17, 15) is 9.59 Å². The molecule has 1 amide bonds. The fourth-order valence-electron chi connectivity index (χ4n) is 1.27. The first-order chi connectivity index (χ1) is 7.63. The van der Waals surface area contributed by atoms with Gasteiger partial charge in [0.25, 0.3) is 5.91 Å². The number of alkyl halides is 1. The minimum Gasteiger partial charge on any atom is -0.496 e. The van der Waals surface area contributed by atoms with Crippen molar-refractivity contribution >= 4 is 27.6 Å². The number of halogens is 1. The van der Waals surface area contributed by atoms with E-state index >= 15 is 0 Å². The van der Waals surface area contributed by atoms with Gasteiger partial charge >= 0.3 is 0 Å². The molecule has 16 heavy (non-hydrogen) atoms. The van der Waals surface area contributed by atoms with Gasteiger partial charge in [0.15, 0.2) is 5.78 Å². The summed E-state index contributed by atoms with van der Waals surface area (Å²) in [5.74, 6) is 0.0966. The molecule has 0 unspecified atom stereocenters. The van der Waals surface area contributed by atoms with Crippen molar-refractivity contribution in [2.45, 2.75) is 0 Å². The highest BCUT2D eigenvalue weighted by atomic mass is 79.9. The number of methoxy groups -OCH3 is 1. The van der Waals surface area contributed by atoms with Crippen molar-refractivity contribution in [1.82, 2.24) is 5.32 Å². The third-order valence-corrected chi connectivity index (χ3v) is 2.62. The summed E-state index contributed by atoms with van der Waals surface area (Å²) >= 11 is 3.08. The summed E-state index contributed by atoms with van der Waals surface area (Å²) in [6.45, 7) is 0. The first kappa shape index (κ1) is 12.7. The molecule has 1 N–H and O–H groups in total. The highest BCUT2D eigenvalue weighted by Gasteiger charge is 2.14. The number of carbonyl (C=O) groups is 2. The Morgan fingerprint density at radius 1 is 1.44 bits per heavy atom. The van der Waals surface area contributed by atoms with Crippen LogP contribution in [0.1, 0.15) is 20.7 Å². The summed E-state index contributed by atoms with van der Waals surface area (Å²) in [5, 5.41) is 2.73. The SMILES string of the molecule is CNC(=O)c1cc(C(=O)CBr)ccc1OC. The second-order valence-electron chi connectivity index (χ2n) is 3.05. The number of rotatable bonds is 4. The quantitative estimate of drug-likeness (QED) is 0.676. The van der Waals surface area contributed by atoms with Crippen LogP contribution in [-0.4, -0.2) is 31.2 Å². The molecule has 4 nitrogen and oxygen atoms in total. The first-order valence-electron chi connectivity index (χ1n) is 4.63. The molecule has 0 heterocycles. The fourth-order valence-corrected chi connectivity index (χ4v) is 1.59. The zero-order valence-corrected chi connectivity index (χ0v) is 10.6. The van der Waals surface area contributed by atoms with Gasteiger partial charge < -0.3 is 10.1 Å². The summed E-state index contributed by atoms with van der Waals surface area (Å²) in [6, 6.07) is 4.77. The first-order valence-corrected chi connectivity index (χ1v) is 5.75. The number of hydrogen-bond donors (Lipinski definition) is 1. The average molecular weight is 286 g/mol. The van der Waals surface area contributed by atoms with Crippen LogP contribution in [0.3, 0.4) is 0 Å². The summed E-state index contributed by atoms with van der Waals surface area (Å²) in [6.07, 6.45) is 0. The van der Waals surface area contributed by atoms with Crippen molar-refractivity contribution in [3.8, 4) is 5.75 Å². The summed E-state index contributed by atoms with van der Waals surface area (Å²) in [7, 11) is 3.01. The van der Waals surface area contributed by atoms with E-state index in [4.69, 9.17) is 4.74 Å². The molecule has 86 valence electrons. The molecule has 0 aliphatic heterocycles. The van der Waals surface area contributed by atoms with Crippen molar-refractivity contribution in [2.24, 2.45) is 0 Å². The molecule has 0 fully saturated rings. The Bertz CT molecular complexity index is 418. The maximum absolute atomic E-state index is 11.5. The second-order valence-corrected chi connectivity index (χ2v) is 3.61. The van der Waals surface area contributed by atoms with Crippen molar-refractivity contribution in [2.75, 3.05) is 19.5 Å². The lowest BCUT2D eigenvalue weighted by atomic mass is 10.1. The molecule has 0 saturated heterocycles. The van der Waals surface area contributed by atoms with Gasteiger partial charge in [0.1, 0.15) is 5.75 Å². The van der Waals surface area contributed by atoms with Gasteiger partial charge in [-0.25, -0.2) is 0 Å². The summed E-state index contributed by atoms with van der Waals surface area (Å²) < 4.78 is 5.05. The zero-order chi connectivity index (χ0) is 12.1. The monoisotopic (exact) mass is 285 g/mol. The molecule has 0 saturated carbocycles. The van der Waals surface area contributed by atoms with E-state index in [-0.39, 0.29) is 17.0 Å². The van der Waals surface area contributed by atoms with Crippen LogP contribution in [-0.2, 0) is 0 Å². The van der Waals surface area contributed by atoms with Crippen LogP contribution in [0.4, 0.5) is 0 Å². The van der Waals surface area contributed by atoms with Crippen LogP contribution in [0.15, 0.2) is 18.2 Å². The van der Waals surface area contributed by atoms with Gasteiger partial charge in [-0.05, 0) is 18.2 Å². The van der Waals surface area contributed by atoms with Gasteiger partial charge in [-0.1, -0.05) is 15.9 Å². The van der Waals surface area contributed by atoms with Crippen molar-refractivity contribution in [1.29, 1.82) is 0 Å². The number of amides is 1. The highest BCUT2D eigenvalue weighted by Crippen LogP contribution is 2.20. The average Bonchev–Trinajstić information content (AvgIpc) is 2.35. The lowest BCUT2D eigenvalue weighted by Gasteiger charge is -2.08. The molecule has 0 bridgehead atoms. The van der Waals surface area contributed by atoms with Crippen molar-refractivity contribution in [3.05, 3.63) is 29.3 Å². The molecule has 0 atom stereocenters. The largest absolute Gasteiger partial charge is 0.496 e. The maximum atomic E-state index is 11.5. The molecule has 1 aromatic rings. The molecule has 0 radical (unpaired) electrons. The van der Waals surface area contributed by atoms with Crippen LogP contribution in [0.5, 0.6) is 5.75 Å². The molecule has 1 rings (SSSR count). The van der Waals surface area contributed by atoms with E-state index < -0.39 is 0 Å². The number of benzene rings is 1. The topological polar surface area (TPSA) is 55.4 Å². The standard InChI is InChI=1S/C11H12BrNO3/c1-13-11(15)8-5-7(9(14)6-12)3-4-10(8)16-2/h3-5H,6H2,1-2H3,(H,13,15). The predicted octanol–water partition coefficient (Wildman–Crippen LogP) is 1.63. The van der Waals surface area contributed by atoms with Crippen LogP contribution in [0.2, 0.25) is 0 Å². The molecule has 0 aliphatic carbocycles. The molecular weight excluding hydrogens is 274 g/mol. The zero-order valence-electron chi connectivity index (χ0n) is 9.04. The normalized spacial score (nSPS) is 9.69. The lowest BCUT2D eigenvalue weighted by Crippen LogP contribution is -2.19. The van der Waals surface area contributed by atoms with Gasteiger partial charge in [-0.3, -0.25) is 9.59 Å². The van der Waals surface area contributed by atoms with Crippen molar-refractivity contribution in [3.63, 3.8) is 0 Å². The van der Waals surface area contributed by atoms with Gasteiger partial charge in [0.05, 0.1) is 18.0 Å². The smallest absolute Gasteiger partial charge is 0.254 e. The number of carbonyl (C=O) groups excluding carboxylic acids is 2. The number of ketones is 1. The number of hydrogen-bond acceptors (Lipinski definition) is 3. The van der Waals surface area contributed by atoms with Gasteiger partial charge in [-0.2, -0.15) is 0 Å². The van der Waals surface area contributed by atoms with E-state index in [0.29, 0.717) is 16.9 Å². The van der Waals surface area contributed by atoms with E-state index in [1.807, 2.05) is 0 Å². The Kier molecular flexibility index (Phi) is 4.49. The number of ether oxygens (including phenoxy) is 1. The highest BCUT2D eigenvalue weighted by molar-refractivity contribution is 9.09. The van der Waals surface area contributed by atoms with E-state index in [1.165, 1.54) is 20.2 Å². The Balaban J connectivity index is 3.21. The molecule has 0 spiro atoms. The second kappa shape index (κ2) is 5.65.